The lowest BCUT2D eigenvalue weighted by Crippen LogP contribution is -2.61. The summed E-state index contributed by atoms with van der Waals surface area (Å²) in [7, 11) is 0. The van der Waals surface area contributed by atoms with Gasteiger partial charge in [0, 0.05) is 29.9 Å². The quantitative estimate of drug-likeness (QED) is 0.634. The molecule has 8 nitrogen and oxygen atoms in total. The highest BCUT2D eigenvalue weighted by atomic mass is 16.3. The molecule has 1 fully saturated rings. The topological polar surface area (TPSA) is 121 Å². The number of piperidine rings is 1. The average Bonchev–Trinajstić information content (AvgIpc) is 3.20. The number of ketones is 1. The number of benzene rings is 2. The van der Waals surface area contributed by atoms with Crippen LogP contribution in [-0.4, -0.2) is 46.2 Å². The molecule has 2 aromatic rings. The molecule has 0 aromatic heterocycles. The number of hydrogen-bond donors (Lipinski definition) is 2. The summed E-state index contributed by atoms with van der Waals surface area (Å²) in [6.07, 6.45) is 5.54. The van der Waals surface area contributed by atoms with Crippen LogP contribution in [-0.2, 0) is 19.2 Å². The number of hydrogen-bond acceptors (Lipinski definition) is 8. The van der Waals surface area contributed by atoms with E-state index in [1.165, 1.54) is 22.4 Å². The Hall–Kier alpha value is -4.25. The molecule has 2 N–H and O–H groups in total. The molecule has 3 heterocycles. The fourth-order valence-corrected chi connectivity index (χ4v) is 5.31. The van der Waals surface area contributed by atoms with E-state index in [0.717, 1.165) is 13.0 Å². The largest absolute Gasteiger partial charge is 0.507 e. The molecule has 8 heteroatoms. The zero-order chi connectivity index (χ0) is 25.8. The van der Waals surface area contributed by atoms with E-state index < -0.39 is 0 Å². The van der Waals surface area contributed by atoms with Gasteiger partial charge in [-0.1, -0.05) is 29.8 Å². The van der Waals surface area contributed by atoms with Gasteiger partial charge in [0.2, 0.25) is 0 Å². The van der Waals surface area contributed by atoms with Crippen LogP contribution in [0, 0.1) is 6.92 Å². The number of aromatic hydroxyl groups is 1. The van der Waals surface area contributed by atoms with Crippen LogP contribution in [0.25, 0.3) is 0 Å². The number of phenols is 1. The Labute approximate surface area is 202 Å². The molecule has 0 radical (unpaired) electrons. The van der Waals surface area contributed by atoms with Crippen molar-refractivity contribution in [1.29, 1.82) is 0 Å². The second kappa shape index (κ2) is 10.3. The van der Waals surface area contributed by atoms with E-state index in [9.17, 15) is 9.90 Å². The summed E-state index contributed by atoms with van der Waals surface area (Å²) in [5, 5.41) is 13.9. The molecule has 5 rings (SSSR count). The summed E-state index contributed by atoms with van der Waals surface area (Å²) >= 11 is 0. The number of rotatable bonds is 2. The summed E-state index contributed by atoms with van der Waals surface area (Å²) in [4.78, 5) is 47.9. The Morgan fingerprint density at radius 3 is 2.40 bits per heavy atom. The zero-order valence-electron chi connectivity index (χ0n) is 19.7. The first-order chi connectivity index (χ1) is 16.7. The molecule has 180 valence electrons. The molecular formula is C27H26N2O6. The Balaban J connectivity index is 0.000000520. The van der Waals surface area contributed by atoms with Gasteiger partial charge in [0.05, 0.1) is 17.1 Å². The molecule has 0 spiro atoms. The van der Waals surface area contributed by atoms with Gasteiger partial charge in [-0.3, -0.25) is 4.79 Å². The number of fused-ring (bicyclic) bond motifs is 5. The highest BCUT2D eigenvalue weighted by molar-refractivity contribution is 6.12. The standard InChI is InChI=1S/C25H26N2O2.2CO2/c1-15-8-9-21-20(12-15)18-10-11-27-14-17(13-16(2)25(27,3)24(18)26-21)23(29)19-6-4-5-7-22(19)28;2*2-1-3/h4-9,12-14,18,24,26,28H,10-11H2,1-3H3;;. The molecule has 3 aliphatic heterocycles. The first-order valence-electron chi connectivity index (χ1n) is 11.1. The molecule has 3 atom stereocenters. The summed E-state index contributed by atoms with van der Waals surface area (Å²) in [5.41, 5.74) is 5.91. The first-order valence-corrected chi connectivity index (χ1v) is 11.1. The van der Waals surface area contributed by atoms with E-state index in [-0.39, 0.29) is 35.4 Å². The molecule has 35 heavy (non-hydrogen) atoms. The average molecular weight is 475 g/mol. The number of para-hydroxylation sites is 1. The van der Waals surface area contributed by atoms with Gasteiger partial charge < -0.3 is 15.3 Å². The number of carbonyl (C=O) groups is 1. The number of phenolic OH excluding ortho intramolecular Hbond substituents is 1. The van der Waals surface area contributed by atoms with Crippen LogP contribution in [0.5, 0.6) is 5.75 Å². The van der Waals surface area contributed by atoms with Crippen molar-refractivity contribution in [3.63, 3.8) is 0 Å². The first kappa shape index (κ1) is 25.4. The molecule has 2 aromatic carbocycles. The summed E-state index contributed by atoms with van der Waals surface area (Å²) in [5.74, 6) is 0.364. The number of allylic oxidation sites excluding steroid dienone is 2. The lowest BCUT2D eigenvalue weighted by Gasteiger charge is -2.53. The molecule has 0 amide bonds. The lowest BCUT2D eigenvalue weighted by atomic mass is 9.70. The summed E-state index contributed by atoms with van der Waals surface area (Å²) in [6, 6.07) is 13.7. The predicted octanol–water partition coefficient (Wildman–Crippen LogP) is 3.60. The number of carbonyl (C=O) groups excluding carboxylic acids is 5. The minimum absolute atomic E-state index is 0.0276. The molecule has 1 saturated heterocycles. The fourth-order valence-electron chi connectivity index (χ4n) is 5.31. The maximum Gasteiger partial charge on any atom is 0.373 e. The third-order valence-corrected chi connectivity index (χ3v) is 7.08. The van der Waals surface area contributed by atoms with Gasteiger partial charge in [-0.05, 0) is 62.6 Å². The van der Waals surface area contributed by atoms with Crippen LogP contribution in [0.1, 0.15) is 47.7 Å². The van der Waals surface area contributed by atoms with E-state index in [0.29, 0.717) is 17.1 Å². The van der Waals surface area contributed by atoms with E-state index in [1.807, 2.05) is 12.3 Å². The van der Waals surface area contributed by atoms with Crippen LogP contribution in [0.4, 0.5) is 5.69 Å². The van der Waals surface area contributed by atoms with E-state index in [4.69, 9.17) is 19.2 Å². The number of anilines is 1. The lowest BCUT2D eigenvalue weighted by molar-refractivity contribution is -0.193. The van der Waals surface area contributed by atoms with Crippen LogP contribution in [0.3, 0.4) is 0 Å². The Bertz CT molecular complexity index is 1260. The fraction of sp³-hybridized carbons (Fsp3) is 0.296. The Morgan fingerprint density at radius 2 is 1.74 bits per heavy atom. The SMILES string of the molecule is CC1=CC(C(=O)c2ccccc2O)=CN2CCC3c4cc(C)ccc4NC3C12C.O=C=O.O=C=O. The minimum Gasteiger partial charge on any atom is -0.507 e. The van der Waals surface area contributed by atoms with Gasteiger partial charge in [0.1, 0.15) is 5.75 Å². The summed E-state index contributed by atoms with van der Waals surface area (Å²) in [6.45, 7) is 7.45. The third-order valence-electron chi connectivity index (χ3n) is 7.08. The van der Waals surface area contributed by atoms with Gasteiger partial charge in [-0.25, -0.2) is 0 Å². The van der Waals surface area contributed by atoms with Crippen molar-refractivity contribution >= 4 is 23.8 Å². The second-order valence-electron chi connectivity index (χ2n) is 8.87. The predicted molar refractivity (Wildman–Crippen MR) is 125 cm³/mol. The van der Waals surface area contributed by atoms with Crippen molar-refractivity contribution in [1.82, 2.24) is 4.90 Å². The van der Waals surface area contributed by atoms with Gasteiger partial charge in [0.15, 0.2) is 5.78 Å². The smallest absolute Gasteiger partial charge is 0.373 e. The molecule has 0 bridgehead atoms. The van der Waals surface area contributed by atoms with E-state index >= 15 is 0 Å². The van der Waals surface area contributed by atoms with Gasteiger partial charge in [-0.2, -0.15) is 19.2 Å². The number of Topliss-reactive ketones (excluding diaryl/α,β-unsaturated/α-hetero) is 1. The van der Waals surface area contributed by atoms with Crippen LogP contribution < -0.4 is 5.32 Å². The van der Waals surface area contributed by atoms with Crippen molar-refractivity contribution < 1.29 is 29.1 Å². The summed E-state index contributed by atoms with van der Waals surface area (Å²) < 4.78 is 0. The van der Waals surface area contributed by atoms with Gasteiger partial charge in [0.25, 0.3) is 0 Å². The van der Waals surface area contributed by atoms with Crippen molar-refractivity contribution in [2.45, 2.75) is 44.7 Å². The second-order valence-corrected chi connectivity index (χ2v) is 8.87. The normalized spacial score (nSPS) is 23.0. The third kappa shape index (κ3) is 4.58. The van der Waals surface area contributed by atoms with Crippen molar-refractivity contribution in [3.8, 4) is 5.75 Å². The highest BCUT2D eigenvalue weighted by Crippen LogP contribution is 2.51. The van der Waals surface area contributed by atoms with Crippen LogP contribution >= 0.6 is 0 Å². The van der Waals surface area contributed by atoms with Gasteiger partial charge >= 0.3 is 12.3 Å². The Kier molecular flexibility index (Phi) is 7.50. The van der Waals surface area contributed by atoms with Crippen molar-refractivity contribution in [3.05, 3.63) is 82.6 Å². The Morgan fingerprint density at radius 1 is 1.09 bits per heavy atom. The molecule has 3 unspecified atom stereocenters. The van der Waals surface area contributed by atoms with Crippen molar-refractivity contribution in [2.24, 2.45) is 0 Å². The van der Waals surface area contributed by atoms with Crippen molar-refractivity contribution in [2.75, 3.05) is 11.9 Å². The van der Waals surface area contributed by atoms with Crippen LogP contribution in [0.15, 0.2) is 65.9 Å². The van der Waals surface area contributed by atoms with Crippen LogP contribution in [0.2, 0.25) is 0 Å². The molecule has 3 aliphatic rings. The molecular weight excluding hydrogens is 448 g/mol. The number of aryl methyl sites for hydroxylation is 1. The monoisotopic (exact) mass is 474 g/mol. The zero-order valence-corrected chi connectivity index (χ0v) is 19.7. The highest BCUT2D eigenvalue weighted by Gasteiger charge is 2.52. The van der Waals surface area contributed by atoms with Gasteiger partial charge in [-0.15, -0.1) is 0 Å². The number of nitrogens with zero attached hydrogens (tertiary/aromatic N) is 1. The van der Waals surface area contributed by atoms with E-state index in [2.05, 4.69) is 49.2 Å². The maximum atomic E-state index is 13.1. The van der Waals surface area contributed by atoms with E-state index in [1.54, 1.807) is 24.3 Å². The molecule has 0 saturated carbocycles. The molecule has 0 aliphatic carbocycles. The minimum atomic E-state index is -0.196. The maximum absolute atomic E-state index is 13.1. The number of nitrogens with one attached hydrogen (secondary N) is 1.